The van der Waals surface area contributed by atoms with E-state index in [0.29, 0.717) is 0 Å². The van der Waals surface area contributed by atoms with Crippen molar-refractivity contribution < 1.29 is 4.74 Å². The van der Waals surface area contributed by atoms with Gasteiger partial charge in [0.15, 0.2) is 0 Å². The van der Waals surface area contributed by atoms with E-state index in [1.54, 1.807) is 0 Å². The molecular weight excluding hydrogens is 304 g/mol. The highest BCUT2D eigenvalue weighted by atomic mass is 16.5. The van der Waals surface area contributed by atoms with Gasteiger partial charge in [-0.2, -0.15) is 0 Å². The Morgan fingerprint density at radius 1 is 0.560 bits per heavy atom. The van der Waals surface area contributed by atoms with Crippen molar-refractivity contribution >= 4 is 0 Å². The summed E-state index contributed by atoms with van der Waals surface area (Å²) in [7, 11) is 0. The van der Waals surface area contributed by atoms with E-state index >= 15 is 0 Å². The Morgan fingerprint density at radius 2 is 1.08 bits per heavy atom. The Bertz CT molecular complexity index is 667. The Kier molecular flexibility index (Phi) is 6.84. The van der Waals surface area contributed by atoms with Crippen molar-refractivity contribution in [2.24, 2.45) is 0 Å². The Morgan fingerprint density at radius 3 is 1.64 bits per heavy atom. The summed E-state index contributed by atoms with van der Waals surface area (Å²) >= 11 is 0. The van der Waals surface area contributed by atoms with Gasteiger partial charge in [0, 0.05) is 6.61 Å². The van der Waals surface area contributed by atoms with Crippen molar-refractivity contribution in [3.8, 4) is 0 Å². The Hall–Kier alpha value is -2.38. The molecule has 0 amide bonds. The molecule has 0 unspecified atom stereocenters. The van der Waals surface area contributed by atoms with Crippen LogP contribution < -0.4 is 0 Å². The molecule has 0 bridgehead atoms. The summed E-state index contributed by atoms with van der Waals surface area (Å²) in [5.74, 6) is 0. The van der Waals surface area contributed by atoms with Crippen LogP contribution in [-0.4, -0.2) is 6.61 Å². The first kappa shape index (κ1) is 17.4. The molecule has 0 heterocycles. The zero-order valence-corrected chi connectivity index (χ0v) is 14.7. The lowest BCUT2D eigenvalue weighted by Crippen LogP contribution is -2.07. The maximum absolute atomic E-state index is 6.27. The molecule has 0 spiro atoms. The van der Waals surface area contributed by atoms with Crippen molar-refractivity contribution in [2.45, 2.75) is 31.8 Å². The van der Waals surface area contributed by atoms with Gasteiger partial charge in [-0.15, -0.1) is 0 Å². The molecule has 0 N–H and O–H groups in total. The molecule has 25 heavy (non-hydrogen) atoms. The minimum absolute atomic E-state index is 0.0246. The molecule has 3 aromatic rings. The lowest BCUT2D eigenvalue weighted by molar-refractivity contribution is 0.0769. The van der Waals surface area contributed by atoms with Gasteiger partial charge in [0.05, 0.1) is 0 Å². The lowest BCUT2D eigenvalue weighted by Gasteiger charge is -2.19. The molecule has 0 saturated heterocycles. The fourth-order valence-electron chi connectivity index (χ4n) is 3.09. The third-order valence-corrected chi connectivity index (χ3v) is 4.44. The van der Waals surface area contributed by atoms with E-state index < -0.39 is 0 Å². The van der Waals surface area contributed by atoms with E-state index in [-0.39, 0.29) is 6.10 Å². The van der Waals surface area contributed by atoms with Gasteiger partial charge in [0.25, 0.3) is 0 Å². The second kappa shape index (κ2) is 9.80. The van der Waals surface area contributed by atoms with Crippen LogP contribution in [0.15, 0.2) is 91.0 Å². The van der Waals surface area contributed by atoms with Crippen molar-refractivity contribution in [1.29, 1.82) is 0 Å². The minimum atomic E-state index is 0.0246. The predicted octanol–water partition coefficient (Wildman–Crippen LogP) is 6.21. The molecule has 0 aliphatic carbocycles. The monoisotopic (exact) mass is 330 g/mol. The van der Waals surface area contributed by atoms with Crippen molar-refractivity contribution in [2.75, 3.05) is 6.61 Å². The first-order valence-electron chi connectivity index (χ1n) is 9.19. The molecule has 0 atom stereocenters. The molecule has 128 valence electrons. The molecule has 0 aliphatic heterocycles. The van der Waals surface area contributed by atoms with Crippen LogP contribution in [-0.2, 0) is 11.2 Å². The quantitative estimate of drug-likeness (QED) is 0.424. The van der Waals surface area contributed by atoms with Crippen LogP contribution in [0.5, 0.6) is 0 Å². The van der Waals surface area contributed by atoms with Crippen LogP contribution in [0.2, 0.25) is 0 Å². The maximum Gasteiger partial charge on any atom is 0.108 e. The number of rotatable bonds is 9. The molecule has 0 saturated carbocycles. The van der Waals surface area contributed by atoms with Crippen LogP contribution in [0.25, 0.3) is 0 Å². The number of aryl methyl sites for hydroxylation is 1. The number of hydrogen-bond donors (Lipinski definition) is 0. The highest BCUT2D eigenvalue weighted by molar-refractivity contribution is 5.29. The summed E-state index contributed by atoms with van der Waals surface area (Å²) in [4.78, 5) is 0. The summed E-state index contributed by atoms with van der Waals surface area (Å²) in [5.41, 5.74) is 3.87. The maximum atomic E-state index is 6.27. The van der Waals surface area contributed by atoms with Gasteiger partial charge in [-0.3, -0.25) is 0 Å². The molecule has 0 aromatic heterocycles. The molecule has 3 aromatic carbocycles. The van der Waals surface area contributed by atoms with E-state index in [2.05, 4.69) is 91.0 Å². The SMILES string of the molecule is c1ccc(CCCCCOC(c2ccccc2)c2ccccc2)cc1. The number of ether oxygens (including phenoxy) is 1. The van der Waals surface area contributed by atoms with Gasteiger partial charge in [-0.25, -0.2) is 0 Å². The summed E-state index contributed by atoms with van der Waals surface area (Å²) < 4.78 is 6.27. The summed E-state index contributed by atoms with van der Waals surface area (Å²) in [6, 6.07) is 31.7. The summed E-state index contributed by atoms with van der Waals surface area (Å²) in [6.07, 6.45) is 4.70. The van der Waals surface area contributed by atoms with Gasteiger partial charge >= 0.3 is 0 Å². The molecule has 3 rings (SSSR count). The van der Waals surface area contributed by atoms with E-state index in [9.17, 15) is 0 Å². The second-order valence-electron chi connectivity index (χ2n) is 6.37. The van der Waals surface area contributed by atoms with Gasteiger partial charge < -0.3 is 4.74 Å². The van der Waals surface area contributed by atoms with Gasteiger partial charge in [0.2, 0.25) is 0 Å². The van der Waals surface area contributed by atoms with Crippen LogP contribution in [0.4, 0.5) is 0 Å². The Labute approximate surface area is 151 Å². The third-order valence-electron chi connectivity index (χ3n) is 4.44. The highest BCUT2D eigenvalue weighted by Crippen LogP contribution is 2.26. The van der Waals surface area contributed by atoms with Crippen LogP contribution >= 0.6 is 0 Å². The standard InChI is InChI=1S/C24H26O/c1-5-13-21(14-6-1)15-7-4-12-20-25-24(22-16-8-2-9-17-22)23-18-10-3-11-19-23/h1-3,5-6,8-11,13-14,16-19,24H,4,7,12,15,20H2. The minimum Gasteiger partial charge on any atom is -0.369 e. The van der Waals surface area contributed by atoms with E-state index in [0.717, 1.165) is 19.4 Å². The zero-order chi connectivity index (χ0) is 17.2. The summed E-state index contributed by atoms with van der Waals surface area (Å²) in [5, 5.41) is 0. The fourth-order valence-corrected chi connectivity index (χ4v) is 3.09. The van der Waals surface area contributed by atoms with Crippen molar-refractivity contribution in [3.05, 3.63) is 108 Å². The molecule has 1 heteroatoms. The van der Waals surface area contributed by atoms with E-state index in [4.69, 9.17) is 4.74 Å². The second-order valence-corrected chi connectivity index (χ2v) is 6.37. The largest absolute Gasteiger partial charge is 0.369 e. The van der Waals surface area contributed by atoms with E-state index in [1.807, 2.05) is 0 Å². The molecule has 0 fully saturated rings. The van der Waals surface area contributed by atoms with Gasteiger partial charge in [0.1, 0.15) is 6.10 Å². The molecular formula is C24H26O. The van der Waals surface area contributed by atoms with Crippen LogP contribution in [0.1, 0.15) is 42.1 Å². The lowest BCUT2D eigenvalue weighted by atomic mass is 10.0. The molecule has 1 nitrogen and oxygen atoms in total. The highest BCUT2D eigenvalue weighted by Gasteiger charge is 2.13. The average molecular weight is 330 g/mol. The first-order chi connectivity index (χ1) is 12.4. The van der Waals surface area contributed by atoms with Crippen LogP contribution in [0, 0.1) is 0 Å². The third kappa shape index (κ3) is 5.58. The van der Waals surface area contributed by atoms with Crippen LogP contribution in [0.3, 0.4) is 0 Å². The number of unbranched alkanes of at least 4 members (excludes halogenated alkanes) is 2. The topological polar surface area (TPSA) is 9.23 Å². The van der Waals surface area contributed by atoms with Gasteiger partial charge in [-0.05, 0) is 36.0 Å². The van der Waals surface area contributed by atoms with E-state index in [1.165, 1.54) is 29.5 Å². The first-order valence-corrected chi connectivity index (χ1v) is 9.19. The zero-order valence-electron chi connectivity index (χ0n) is 14.7. The fraction of sp³-hybridized carbons (Fsp3) is 0.250. The average Bonchev–Trinajstić information content (AvgIpc) is 2.69. The molecule has 0 aliphatic rings. The normalized spacial score (nSPS) is 10.9. The predicted molar refractivity (Wildman–Crippen MR) is 105 cm³/mol. The summed E-state index contributed by atoms with van der Waals surface area (Å²) in [6.45, 7) is 0.795. The number of hydrogen-bond acceptors (Lipinski definition) is 1. The van der Waals surface area contributed by atoms with Crippen molar-refractivity contribution in [3.63, 3.8) is 0 Å². The Balaban J connectivity index is 1.48. The smallest absolute Gasteiger partial charge is 0.108 e. The van der Waals surface area contributed by atoms with Crippen molar-refractivity contribution in [1.82, 2.24) is 0 Å². The molecule has 0 radical (unpaired) electrons. The van der Waals surface area contributed by atoms with Gasteiger partial charge in [-0.1, -0.05) is 97.4 Å². The number of benzene rings is 3.